The Bertz CT molecular complexity index is 639. The van der Waals surface area contributed by atoms with Gasteiger partial charge in [-0.3, -0.25) is 10.1 Å². The molecule has 0 saturated heterocycles. The maximum atomic E-state index is 12.6. The molecule has 0 unspecified atom stereocenters. The molecule has 1 aliphatic carbocycles. The summed E-state index contributed by atoms with van der Waals surface area (Å²) in [4.78, 5) is 10.3. The lowest BCUT2D eigenvalue weighted by Gasteiger charge is -2.23. The van der Waals surface area contributed by atoms with Crippen molar-refractivity contribution in [1.82, 2.24) is 4.31 Å². The van der Waals surface area contributed by atoms with Gasteiger partial charge in [0.25, 0.3) is 5.69 Å². The van der Waals surface area contributed by atoms with Crippen LogP contribution in [0.15, 0.2) is 23.1 Å². The lowest BCUT2D eigenvalue weighted by Crippen LogP contribution is -2.35. The molecule has 116 valence electrons. The first-order valence-corrected chi connectivity index (χ1v) is 8.26. The third kappa shape index (κ3) is 3.01. The average molecular weight is 313 g/mol. The average Bonchev–Trinajstić information content (AvgIpc) is 2.99. The molecule has 0 heterocycles. The van der Waals surface area contributed by atoms with E-state index in [4.69, 9.17) is 0 Å². The van der Waals surface area contributed by atoms with E-state index in [2.05, 4.69) is 5.32 Å². The number of nitro groups is 1. The first kappa shape index (κ1) is 15.7. The summed E-state index contributed by atoms with van der Waals surface area (Å²) in [5.74, 6) is 0. The highest BCUT2D eigenvalue weighted by Crippen LogP contribution is 2.32. The fourth-order valence-corrected chi connectivity index (χ4v) is 4.20. The maximum Gasteiger partial charge on any atom is 0.291 e. The molecule has 0 radical (unpaired) electrons. The minimum atomic E-state index is -3.86. The number of nitrogens with one attached hydrogen (secondary N) is 1. The van der Waals surface area contributed by atoms with Crippen LogP contribution in [0.5, 0.6) is 0 Å². The third-order valence-corrected chi connectivity index (χ3v) is 5.90. The minimum Gasteiger partial charge on any atom is -0.388 e. The van der Waals surface area contributed by atoms with Crippen LogP contribution in [0.2, 0.25) is 0 Å². The zero-order valence-electron chi connectivity index (χ0n) is 12.1. The molecule has 7 nitrogen and oxygen atoms in total. The molecule has 1 N–H and O–H groups in total. The van der Waals surface area contributed by atoms with Crippen LogP contribution in [0.4, 0.5) is 11.4 Å². The summed E-state index contributed by atoms with van der Waals surface area (Å²) in [6, 6.07) is 4.00. The Morgan fingerprint density at radius 1 is 1.33 bits per heavy atom. The van der Waals surface area contributed by atoms with Crippen molar-refractivity contribution in [3.63, 3.8) is 0 Å². The Labute approximate surface area is 124 Å². The number of hydrogen-bond acceptors (Lipinski definition) is 5. The van der Waals surface area contributed by atoms with Gasteiger partial charge in [-0.2, -0.15) is 4.31 Å². The zero-order valence-corrected chi connectivity index (χ0v) is 12.9. The maximum absolute atomic E-state index is 12.6. The molecular weight excluding hydrogens is 294 g/mol. The second-order valence-electron chi connectivity index (χ2n) is 5.15. The van der Waals surface area contributed by atoms with Gasteiger partial charge in [-0.05, 0) is 25.0 Å². The third-order valence-electron chi connectivity index (χ3n) is 3.94. The largest absolute Gasteiger partial charge is 0.388 e. The summed E-state index contributed by atoms with van der Waals surface area (Å²) in [6.07, 6.45) is 3.59. The topological polar surface area (TPSA) is 92.6 Å². The Morgan fingerprint density at radius 2 is 1.95 bits per heavy atom. The van der Waals surface area contributed by atoms with Gasteiger partial charge in [-0.25, -0.2) is 8.42 Å². The summed E-state index contributed by atoms with van der Waals surface area (Å²) < 4.78 is 26.6. The SMILES string of the molecule is CNc1ccc(S(=O)(=O)N(C)C2CCCC2)c([N+](=O)[O-])c1. The molecule has 0 spiro atoms. The van der Waals surface area contributed by atoms with Crippen molar-refractivity contribution in [1.29, 1.82) is 0 Å². The van der Waals surface area contributed by atoms with E-state index < -0.39 is 20.6 Å². The second-order valence-corrected chi connectivity index (χ2v) is 7.12. The second kappa shape index (κ2) is 5.98. The van der Waals surface area contributed by atoms with Crippen molar-refractivity contribution in [2.45, 2.75) is 36.6 Å². The van der Waals surface area contributed by atoms with Crippen molar-refractivity contribution in [2.75, 3.05) is 19.4 Å². The lowest BCUT2D eigenvalue weighted by molar-refractivity contribution is -0.387. The number of rotatable bonds is 5. The first-order valence-electron chi connectivity index (χ1n) is 6.82. The van der Waals surface area contributed by atoms with E-state index >= 15 is 0 Å². The molecule has 8 heteroatoms. The van der Waals surface area contributed by atoms with Crippen molar-refractivity contribution in [2.24, 2.45) is 0 Å². The normalized spacial score (nSPS) is 16.3. The number of benzene rings is 1. The summed E-state index contributed by atoms with van der Waals surface area (Å²) in [5.41, 5.74) is 0.107. The quantitative estimate of drug-likeness (QED) is 0.664. The monoisotopic (exact) mass is 313 g/mol. The van der Waals surface area contributed by atoms with Gasteiger partial charge in [-0.15, -0.1) is 0 Å². The Kier molecular flexibility index (Phi) is 4.48. The Balaban J connectivity index is 2.46. The van der Waals surface area contributed by atoms with Gasteiger partial charge in [0.1, 0.15) is 0 Å². The molecule has 0 aliphatic heterocycles. The van der Waals surface area contributed by atoms with E-state index in [1.54, 1.807) is 7.05 Å². The standard InChI is InChI=1S/C13H19N3O4S/c1-14-10-7-8-13(12(9-10)16(17)18)21(19,20)15(2)11-5-3-4-6-11/h7-9,11,14H,3-6H2,1-2H3. The highest BCUT2D eigenvalue weighted by molar-refractivity contribution is 7.89. The number of sulfonamides is 1. The van der Waals surface area contributed by atoms with Crippen molar-refractivity contribution >= 4 is 21.4 Å². The van der Waals surface area contributed by atoms with E-state index in [1.807, 2.05) is 0 Å². The molecule has 1 aromatic carbocycles. The summed E-state index contributed by atoms with van der Waals surface area (Å²) in [6.45, 7) is 0. The molecule has 1 aromatic rings. The number of hydrogen-bond donors (Lipinski definition) is 1. The summed E-state index contributed by atoms with van der Waals surface area (Å²) in [7, 11) is -0.735. The molecular formula is C13H19N3O4S. The van der Waals surface area contributed by atoms with E-state index in [-0.39, 0.29) is 10.9 Å². The van der Waals surface area contributed by atoms with Crippen molar-refractivity contribution in [3.05, 3.63) is 28.3 Å². The van der Waals surface area contributed by atoms with Crippen LogP contribution < -0.4 is 5.32 Å². The van der Waals surface area contributed by atoms with E-state index in [0.29, 0.717) is 5.69 Å². The van der Waals surface area contributed by atoms with E-state index in [1.165, 1.54) is 29.6 Å². The predicted octanol–water partition coefficient (Wildman–Crippen LogP) is 2.20. The summed E-state index contributed by atoms with van der Waals surface area (Å²) >= 11 is 0. The molecule has 1 aliphatic rings. The minimum absolute atomic E-state index is 0.0708. The Hall–Kier alpha value is -1.67. The summed E-state index contributed by atoms with van der Waals surface area (Å²) in [5, 5.41) is 13.9. The molecule has 0 atom stereocenters. The predicted molar refractivity (Wildman–Crippen MR) is 79.8 cm³/mol. The van der Waals surface area contributed by atoms with Gasteiger partial charge in [0.2, 0.25) is 10.0 Å². The van der Waals surface area contributed by atoms with Crippen LogP contribution >= 0.6 is 0 Å². The van der Waals surface area contributed by atoms with Crippen LogP contribution in [0.1, 0.15) is 25.7 Å². The van der Waals surface area contributed by atoms with Crippen LogP contribution in [0, 0.1) is 10.1 Å². The van der Waals surface area contributed by atoms with Crippen LogP contribution in [0.25, 0.3) is 0 Å². The van der Waals surface area contributed by atoms with Crippen molar-refractivity contribution in [3.8, 4) is 0 Å². The van der Waals surface area contributed by atoms with Gasteiger partial charge in [0, 0.05) is 31.9 Å². The lowest BCUT2D eigenvalue weighted by atomic mass is 10.3. The first-order chi connectivity index (χ1) is 9.87. The number of anilines is 1. The highest BCUT2D eigenvalue weighted by Gasteiger charge is 2.34. The fraction of sp³-hybridized carbons (Fsp3) is 0.538. The fourth-order valence-electron chi connectivity index (χ4n) is 2.65. The number of nitro benzene ring substituents is 1. The van der Waals surface area contributed by atoms with Gasteiger partial charge < -0.3 is 5.32 Å². The Morgan fingerprint density at radius 3 is 2.48 bits per heavy atom. The molecule has 1 saturated carbocycles. The molecule has 0 amide bonds. The smallest absolute Gasteiger partial charge is 0.291 e. The molecule has 2 rings (SSSR count). The van der Waals surface area contributed by atoms with E-state index in [0.717, 1.165) is 25.7 Å². The van der Waals surface area contributed by atoms with Gasteiger partial charge >= 0.3 is 0 Å². The zero-order chi connectivity index (χ0) is 15.6. The molecule has 21 heavy (non-hydrogen) atoms. The van der Waals surface area contributed by atoms with E-state index in [9.17, 15) is 18.5 Å². The van der Waals surface area contributed by atoms with Crippen LogP contribution in [-0.2, 0) is 10.0 Å². The molecule has 0 aromatic heterocycles. The van der Waals surface area contributed by atoms with Crippen LogP contribution in [0.3, 0.4) is 0 Å². The molecule has 1 fully saturated rings. The molecule has 0 bridgehead atoms. The van der Waals surface area contributed by atoms with Gasteiger partial charge in [-0.1, -0.05) is 12.8 Å². The van der Waals surface area contributed by atoms with Gasteiger partial charge in [0.15, 0.2) is 4.90 Å². The van der Waals surface area contributed by atoms with Gasteiger partial charge in [0.05, 0.1) is 4.92 Å². The van der Waals surface area contributed by atoms with Crippen LogP contribution in [-0.4, -0.2) is 37.8 Å². The van der Waals surface area contributed by atoms with Crippen molar-refractivity contribution < 1.29 is 13.3 Å². The highest BCUT2D eigenvalue weighted by atomic mass is 32.2. The number of nitrogens with zero attached hydrogens (tertiary/aromatic N) is 2.